The molecule has 2 aromatic carbocycles. The van der Waals surface area contributed by atoms with Crippen molar-refractivity contribution in [2.45, 2.75) is 18.1 Å². The van der Waals surface area contributed by atoms with E-state index in [0.29, 0.717) is 16.8 Å². The van der Waals surface area contributed by atoms with Crippen LogP contribution in [0.5, 0.6) is 0 Å². The molecule has 1 unspecified atom stereocenters. The zero-order valence-corrected chi connectivity index (χ0v) is 15.9. The molecule has 168 valence electrons. The molecule has 0 aliphatic heterocycles. The molecule has 0 aliphatic carbocycles. The first-order chi connectivity index (χ1) is 15.0. The second-order valence-electron chi connectivity index (χ2n) is 6.64. The fraction of sp³-hybridized carbons (Fsp3) is 0.158. The van der Waals surface area contributed by atoms with Crippen LogP contribution in [0.1, 0.15) is 15.9 Å². The molecule has 2 amide bonds. The largest absolute Gasteiger partial charge is 0.377 e. The summed E-state index contributed by atoms with van der Waals surface area (Å²) in [5, 5.41) is 14.0. The molecule has 3 N–H and O–H groups in total. The Bertz CT molecular complexity index is 1140. The van der Waals surface area contributed by atoms with Crippen molar-refractivity contribution in [3.63, 3.8) is 0 Å². The third-order valence-electron chi connectivity index (χ3n) is 4.55. The molecule has 0 bridgehead atoms. The van der Waals surface area contributed by atoms with E-state index in [0.717, 1.165) is 36.9 Å². The van der Waals surface area contributed by atoms with Gasteiger partial charge in [-0.15, -0.1) is 0 Å². The average Bonchev–Trinajstić information content (AvgIpc) is 3.25. The van der Waals surface area contributed by atoms with Gasteiger partial charge in [-0.25, -0.2) is 33.7 Å². The van der Waals surface area contributed by atoms with E-state index in [1.165, 1.54) is 0 Å². The minimum absolute atomic E-state index is 0.228. The summed E-state index contributed by atoms with van der Waals surface area (Å²) in [7, 11) is 0. The lowest BCUT2D eigenvalue weighted by molar-refractivity contribution is -0.209. The van der Waals surface area contributed by atoms with Crippen molar-refractivity contribution < 1.29 is 36.6 Å². The third kappa shape index (κ3) is 4.07. The smallest absolute Gasteiger partial charge is 0.360 e. The lowest BCUT2D eigenvalue weighted by atomic mass is 9.85. The zero-order valence-electron chi connectivity index (χ0n) is 15.9. The number of aromatic nitrogens is 3. The van der Waals surface area contributed by atoms with Gasteiger partial charge in [0, 0.05) is 17.2 Å². The Hall–Kier alpha value is -3.71. The van der Waals surface area contributed by atoms with Crippen molar-refractivity contribution in [3.8, 4) is 0 Å². The first-order valence-electron chi connectivity index (χ1n) is 8.74. The molecule has 1 atom stereocenters. The normalized spacial score (nSPS) is 13.5. The van der Waals surface area contributed by atoms with Crippen LogP contribution >= 0.6 is 0 Å². The molecule has 1 heterocycles. The van der Waals surface area contributed by atoms with E-state index in [9.17, 15) is 27.9 Å². The van der Waals surface area contributed by atoms with Crippen molar-refractivity contribution in [2.75, 3.05) is 0 Å². The SMILES string of the molecule is NN(C(=O)c1ccc(F)cc1)C(=O)C(F)(F)C(O)(Cn1cncn1)c1ccc(F)cc1F. The van der Waals surface area contributed by atoms with Gasteiger partial charge in [0.1, 0.15) is 30.1 Å². The summed E-state index contributed by atoms with van der Waals surface area (Å²) < 4.78 is 72.1. The second-order valence-corrected chi connectivity index (χ2v) is 6.64. The fourth-order valence-corrected chi connectivity index (χ4v) is 2.88. The quantitative estimate of drug-likeness (QED) is 0.253. The van der Waals surface area contributed by atoms with Crippen LogP contribution in [0.25, 0.3) is 0 Å². The van der Waals surface area contributed by atoms with Gasteiger partial charge in [0.2, 0.25) is 0 Å². The van der Waals surface area contributed by atoms with Gasteiger partial charge in [-0.2, -0.15) is 13.9 Å². The van der Waals surface area contributed by atoms with Crippen molar-refractivity contribution in [1.29, 1.82) is 0 Å². The lowest BCUT2D eigenvalue weighted by Crippen LogP contribution is -2.61. The molecule has 0 saturated heterocycles. The Morgan fingerprint density at radius 3 is 2.25 bits per heavy atom. The monoisotopic (exact) mass is 455 g/mol. The molecule has 3 rings (SSSR count). The molecular weight excluding hydrogens is 441 g/mol. The predicted octanol–water partition coefficient (Wildman–Crippen LogP) is 1.76. The van der Waals surface area contributed by atoms with E-state index in [1.54, 1.807) is 0 Å². The summed E-state index contributed by atoms with van der Waals surface area (Å²) in [6.07, 6.45) is 1.82. The highest BCUT2D eigenvalue weighted by molar-refractivity contribution is 6.06. The van der Waals surface area contributed by atoms with Crippen LogP contribution in [0.4, 0.5) is 22.0 Å². The van der Waals surface area contributed by atoms with Gasteiger partial charge in [-0.3, -0.25) is 9.59 Å². The number of nitrogens with two attached hydrogens (primary N) is 1. The summed E-state index contributed by atoms with van der Waals surface area (Å²) in [6, 6.07) is 4.79. The molecule has 1 aromatic heterocycles. The van der Waals surface area contributed by atoms with E-state index in [2.05, 4.69) is 10.1 Å². The van der Waals surface area contributed by atoms with Gasteiger partial charge < -0.3 is 5.11 Å². The predicted molar refractivity (Wildman–Crippen MR) is 97.0 cm³/mol. The number of aliphatic hydroxyl groups is 1. The minimum atomic E-state index is -4.93. The maximum absolute atomic E-state index is 15.4. The van der Waals surface area contributed by atoms with Gasteiger partial charge >= 0.3 is 11.8 Å². The molecule has 13 heteroatoms. The summed E-state index contributed by atoms with van der Waals surface area (Å²) in [4.78, 5) is 28.4. The van der Waals surface area contributed by atoms with Crippen LogP contribution in [0.2, 0.25) is 0 Å². The van der Waals surface area contributed by atoms with Crippen molar-refractivity contribution >= 4 is 11.8 Å². The van der Waals surface area contributed by atoms with Crippen molar-refractivity contribution in [1.82, 2.24) is 19.8 Å². The van der Waals surface area contributed by atoms with Crippen LogP contribution in [-0.2, 0) is 16.9 Å². The maximum atomic E-state index is 15.4. The van der Waals surface area contributed by atoms with Crippen LogP contribution < -0.4 is 5.84 Å². The first kappa shape index (κ1) is 23.0. The number of rotatable bonds is 6. The van der Waals surface area contributed by atoms with Crippen LogP contribution in [0.3, 0.4) is 0 Å². The number of hydrogen-bond acceptors (Lipinski definition) is 6. The van der Waals surface area contributed by atoms with Gasteiger partial charge in [0.25, 0.3) is 5.91 Å². The summed E-state index contributed by atoms with van der Waals surface area (Å²) in [6.45, 7) is -1.22. The number of hydrazine groups is 1. The van der Waals surface area contributed by atoms with E-state index in [4.69, 9.17) is 5.84 Å². The number of carbonyl (C=O) groups is 2. The molecule has 0 radical (unpaired) electrons. The average molecular weight is 455 g/mol. The number of nitrogens with zero attached hydrogens (tertiary/aromatic N) is 4. The van der Waals surface area contributed by atoms with E-state index < -0.39 is 63.5 Å². The highest BCUT2D eigenvalue weighted by Crippen LogP contribution is 2.41. The minimum Gasteiger partial charge on any atom is -0.377 e. The van der Waals surface area contributed by atoms with Gasteiger partial charge in [-0.05, 0) is 36.4 Å². The van der Waals surface area contributed by atoms with E-state index in [-0.39, 0.29) is 6.07 Å². The first-order valence-corrected chi connectivity index (χ1v) is 8.74. The Morgan fingerprint density at radius 2 is 1.69 bits per heavy atom. The second kappa shape index (κ2) is 8.43. The van der Waals surface area contributed by atoms with Crippen LogP contribution in [0, 0.1) is 17.5 Å². The summed E-state index contributed by atoms with van der Waals surface area (Å²) in [5.41, 5.74) is -5.24. The zero-order chi connectivity index (χ0) is 23.7. The van der Waals surface area contributed by atoms with Gasteiger partial charge in [-0.1, -0.05) is 0 Å². The number of amides is 2. The molecule has 32 heavy (non-hydrogen) atoms. The number of alkyl halides is 2. The van der Waals surface area contributed by atoms with E-state index >= 15 is 8.78 Å². The number of hydrogen-bond donors (Lipinski definition) is 2. The number of benzene rings is 2. The number of carbonyl (C=O) groups excluding carboxylic acids is 2. The Labute approximate surface area is 176 Å². The molecule has 8 nitrogen and oxygen atoms in total. The van der Waals surface area contributed by atoms with Gasteiger partial charge in [0.05, 0.1) is 6.54 Å². The number of halogens is 5. The van der Waals surface area contributed by atoms with E-state index in [1.807, 2.05) is 0 Å². The van der Waals surface area contributed by atoms with Crippen molar-refractivity contribution in [2.24, 2.45) is 5.84 Å². The standard InChI is InChI=1S/C19H14F5N5O3/c20-12-3-1-11(2-4-12)16(30)29(25)17(31)19(23,24)18(32,8-28-10-26-9-27-28)14-6-5-13(21)7-15(14)22/h1-7,9-10,32H,8,25H2. The molecule has 0 fully saturated rings. The topological polar surface area (TPSA) is 114 Å². The molecule has 0 saturated carbocycles. The van der Waals surface area contributed by atoms with Crippen LogP contribution in [0.15, 0.2) is 55.1 Å². The maximum Gasteiger partial charge on any atom is 0.360 e. The summed E-state index contributed by atoms with van der Waals surface area (Å²) in [5.74, 6) is -6.95. The summed E-state index contributed by atoms with van der Waals surface area (Å²) >= 11 is 0. The lowest BCUT2D eigenvalue weighted by Gasteiger charge is -2.36. The van der Waals surface area contributed by atoms with Crippen LogP contribution in [-0.4, -0.2) is 42.6 Å². The van der Waals surface area contributed by atoms with Crippen molar-refractivity contribution in [3.05, 3.63) is 83.7 Å². The molecule has 3 aromatic rings. The molecule has 0 aliphatic rings. The molecule has 0 spiro atoms. The Balaban J connectivity index is 2.04. The van der Waals surface area contributed by atoms with Gasteiger partial charge in [0.15, 0.2) is 5.60 Å². The Kier molecular flexibility index (Phi) is 6.05. The number of imide groups is 1. The highest BCUT2D eigenvalue weighted by Gasteiger charge is 2.62. The fourth-order valence-electron chi connectivity index (χ4n) is 2.88. The molecular formula is C19H14F5N5O3. The Morgan fingerprint density at radius 1 is 1.06 bits per heavy atom. The third-order valence-corrected chi connectivity index (χ3v) is 4.55. The highest BCUT2D eigenvalue weighted by atomic mass is 19.3.